The fraction of sp³-hybridized carbons (Fsp3) is 0.524. The lowest BCUT2D eigenvalue weighted by Crippen LogP contribution is -2.34. The van der Waals surface area contributed by atoms with Crippen LogP contribution in [0.15, 0.2) is 29.6 Å². The number of carbonyl (C=O) groups is 1. The summed E-state index contributed by atoms with van der Waals surface area (Å²) >= 11 is 1.44. The first-order valence-electron chi connectivity index (χ1n) is 9.79. The fourth-order valence-electron chi connectivity index (χ4n) is 3.34. The minimum atomic E-state index is -0.277. The van der Waals surface area contributed by atoms with Gasteiger partial charge in [-0.25, -0.2) is 9.37 Å². The molecule has 2 heterocycles. The van der Waals surface area contributed by atoms with Crippen molar-refractivity contribution in [3.8, 4) is 10.6 Å². The van der Waals surface area contributed by atoms with Crippen LogP contribution in [0.5, 0.6) is 0 Å². The third kappa shape index (κ3) is 6.40. The van der Waals surface area contributed by atoms with Crippen LogP contribution in [0.3, 0.4) is 0 Å². The van der Waals surface area contributed by atoms with Gasteiger partial charge in [0.15, 0.2) is 0 Å². The van der Waals surface area contributed by atoms with Gasteiger partial charge >= 0.3 is 0 Å². The molecule has 0 atom stereocenters. The Kier molecular flexibility index (Phi) is 7.35. The molecule has 1 aromatic carbocycles. The number of nitrogens with zero attached hydrogens (tertiary/aromatic N) is 2. The molecule has 1 aromatic heterocycles. The molecule has 6 heteroatoms. The Labute approximate surface area is 164 Å². The van der Waals surface area contributed by atoms with Crippen molar-refractivity contribution >= 4 is 17.2 Å². The molecule has 0 bridgehead atoms. The van der Waals surface area contributed by atoms with E-state index in [-0.39, 0.29) is 18.1 Å². The molecule has 1 amide bonds. The third-order valence-electron chi connectivity index (χ3n) is 5.06. The van der Waals surface area contributed by atoms with Crippen molar-refractivity contribution in [3.05, 3.63) is 41.2 Å². The Morgan fingerprint density at radius 2 is 2.15 bits per heavy atom. The highest BCUT2D eigenvalue weighted by Gasteiger charge is 2.15. The van der Waals surface area contributed by atoms with Crippen LogP contribution in [-0.2, 0) is 11.2 Å². The summed E-state index contributed by atoms with van der Waals surface area (Å²) in [6, 6.07) is 6.38. The van der Waals surface area contributed by atoms with Gasteiger partial charge < -0.3 is 10.2 Å². The molecule has 1 aliphatic heterocycles. The molecule has 4 nitrogen and oxygen atoms in total. The van der Waals surface area contributed by atoms with E-state index in [0.717, 1.165) is 41.6 Å². The Morgan fingerprint density at radius 1 is 1.33 bits per heavy atom. The molecule has 2 aromatic rings. The zero-order valence-electron chi connectivity index (χ0n) is 15.9. The van der Waals surface area contributed by atoms with E-state index in [0.29, 0.717) is 6.54 Å². The normalized spacial score (nSPS) is 15.8. The number of likely N-dealkylation sites (tertiary alicyclic amines) is 1. The van der Waals surface area contributed by atoms with Crippen LogP contribution in [0.2, 0.25) is 0 Å². The maximum atomic E-state index is 13.3. The smallest absolute Gasteiger partial charge is 0.226 e. The number of benzene rings is 1. The molecule has 146 valence electrons. The van der Waals surface area contributed by atoms with Gasteiger partial charge in [-0.15, -0.1) is 11.3 Å². The van der Waals surface area contributed by atoms with Gasteiger partial charge in [0, 0.05) is 17.5 Å². The molecule has 1 aliphatic rings. The van der Waals surface area contributed by atoms with Gasteiger partial charge in [0.2, 0.25) is 5.91 Å². The van der Waals surface area contributed by atoms with Crippen molar-refractivity contribution in [2.45, 2.75) is 39.0 Å². The molecule has 1 saturated heterocycles. The van der Waals surface area contributed by atoms with Gasteiger partial charge in [-0.2, -0.15) is 0 Å². The van der Waals surface area contributed by atoms with Crippen LogP contribution in [0.1, 0.15) is 38.3 Å². The van der Waals surface area contributed by atoms with Gasteiger partial charge in [0.05, 0.1) is 12.1 Å². The molecule has 27 heavy (non-hydrogen) atoms. The summed E-state index contributed by atoms with van der Waals surface area (Å²) in [7, 11) is 0. The second kappa shape index (κ2) is 9.95. The van der Waals surface area contributed by atoms with Crippen LogP contribution in [0.25, 0.3) is 10.6 Å². The van der Waals surface area contributed by atoms with E-state index in [1.165, 1.54) is 49.4 Å². The molecule has 0 unspecified atom stereocenters. The maximum absolute atomic E-state index is 13.3. The molecule has 1 fully saturated rings. The summed E-state index contributed by atoms with van der Waals surface area (Å²) in [5.41, 5.74) is 1.48. The molecule has 1 N–H and O–H groups in total. The molecule has 0 aliphatic carbocycles. The molecular weight excluding hydrogens is 361 g/mol. The predicted octanol–water partition coefficient (Wildman–Crippen LogP) is 4.12. The number of carbonyl (C=O) groups excluding carboxylic acids is 1. The van der Waals surface area contributed by atoms with E-state index in [9.17, 15) is 9.18 Å². The second-order valence-electron chi connectivity index (χ2n) is 7.41. The van der Waals surface area contributed by atoms with E-state index < -0.39 is 0 Å². The highest BCUT2D eigenvalue weighted by atomic mass is 32.1. The Bertz CT molecular complexity index is 741. The first-order chi connectivity index (χ1) is 13.1. The number of halogens is 1. The molecular formula is C21H28FN3OS. The van der Waals surface area contributed by atoms with Crippen LogP contribution >= 0.6 is 11.3 Å². The highest BCUT2D eigenvalue weighted by molar-refractivity contribution is 7.13. The van der Waals surface area contributed by atoms with Crippen LogP contribution in [0, 0.1) is 11.7 Å². The summed E-state index contributed by atoms with van der Waals surface area (Å²) in [5.74, 6) is 0.589. The lowest BCUT2D eigenvalue weighted by atomic mass is 9.99. The highest BCUT2D eigenvalue weighted by Crippen LogP contribution is 2.24. The minimum Gasteiger partial charge on any atom is -0.356 e. The number of amides is 1. The van der Waals surface area contributed by atoms with E-state index in [1.807, 2.05) is 11.4 Å². The molecule has 3 rings (SSSR count). The van der Waals surface area contributed by atoms with Crippen molar-refractivity contribution in [1.29, 1.82) is 0 Å². The summed E-state index contributed by atoms with van der Waals surface area (Å²) in [6.07, 6.45) is 5.01. The van der Waals surface area contributed by atoms with E-state index in [2.05, 4.69) is 22.1 Å². The Morgan fingerprint density at radius 3 is 2.93 bits per heavy atom. The number of unbranched alkanes of at least 4 members (excludes halogenated alkanes) is 1. The van der Waals surface area contributed by atoms with Gasteiger partial charge in [0.1, 0.15) is 10.8 Å². The van der Waals surface area contributed by atoms with Crippen LogP contribution < -0.4 is 5.32 Å². The number of thiazole rings is 1. The van der Waals surface area contributed by atoms with Crippen LogP contribution in [0.4, 0.5) is 4.39 Å². The Hall–Kier alpha value is -1.79. The van der Waals surface area contributed by atoms with Crippen molar-refractivity contribution in [3.63, 3.8) is 0 Å². The predicted molar refractivity (Wildman–Crippen MR) is 108 cm³/mol. The number of piperidine rings is 1. The second-order valence-corrected chi connectivity index (χ2v) is 8.27. The first kappa shape index (κ1) is 20.0. The number of rotatable bonds is 8. The van der Waals surface area contributed by atoms with Crippen molar-refractivity contribution < 1.29 is 9.18 Å². The van der Waals surface area contributed by atoms with E-state index >= 15 is 0 Å². The summed E-state index contributed by atoms with van der Waals surface area (Å²) in [5, 5.41) is 5.60. The lowest BCUT2D eigenvalue weighted by molar-refractivity contribution is -0.120. The monoisotopic (exact) mass is 389 g/mol. The van der Waals surface area contributed by atoms with Crippen molar-refractivity contribution in [2.75, 3.05) is 26.2 Å². The number of hydrogen-bond acceptors (Lipinski definition) is 4. The zero-order valence-corrected chi connectivity index (χ0v) is 16.7. The van der Waals surface area contributed by atoms with E-state index in [1.54, 1.807) is 6.07 Å². The molecule has 0 saturated carbocycles. The first-order valence-corrected chi connectivity index (χ1v) is 10.7. The van der Waals surface area contributed by atoms with Crippen molar-refractivity contribution in [1.82, 2.24) is 15.2 Å². The summed E-state index contributed by atoms with van der Waals surface area (Å²) < 4.78 is 13.3. The SMILES string of the molecule is CC1CCN(CCCCNC(=O)Cc2csc(-c3cccc(F)c3)n2)CC1. The average molecular weight is 390 g/mol. The fourth-order valence-corrected chi connectivity index (χ4v) is 4.16. The quantitative estimate of drug-likeness (QED) is 0.691. The lowest BCUT2D eigenvalue weighted by Gasteiger charge is -2.30. The number of hydrogen-bond donors (Lipinski definition) is 1. The van der Waals surface area contributed by atoms with Gasteiger partial charge in [-0.1, -0.05) is 19.1 Å². The van der Waals surface area contributed by atoms with E-state index in [4.69, 9.17) is 0 Å². The third-order valence-corrected chi connectivity index (χ3v) is 6.00. The average Bonchev–Trinajstić information content (AvgIpc) is 3.11. The van der Waals surface area contributed by atoms with Gasteiger partial charge in [-0.3, -0.25) is 4.79 Å². The van der Waals surface area contributed by atoms with Crippen molar-refractivity contribution in [2.24, 2.45) is 5.92 Å². The number of nitrogens with one attached hydrogen (secondary N) is 1. The van der Waals surface area contributed by atoms with Gasteiger partial charge in [0.25, 0.3) is 0 Å². The van der Waals surface area contributed by atoms with Gasteiger partial charge in [-0.05, 0) is 63.4 Å². The summed E-state index contributed by atoms with van der Waals surface area (Å²) in [4.78, 5) is 19.1. The topological polar surface area (TPSA) is 45.2 Å². The Balaban J connectivity index is 1.34. The molecule has 0 spiro atoms. The zero-order chi connectivity index (χ0) is 19.1. The molecule has 0 radical (unpaired) electrons. The minimum absolute atomic E-state index is 0.00195. The summed E-state index contributed by atoms with van der Waals surface area (Å²) in [6.45, 7) is 6.60. The largest absolute Gasteiger partial charge is 0.356 e. The maximum Gasteiger partial charge on any atom is 0.226 e. The standard InChI is InChI=1S/C21H28FN3OS/c1-16-7-11-25(12-8-16)10-3-2-9-23-20(26)14-19-15-27-21(24-19)17-5-4-6-18(22)13-17/h4-6,13,15-16H,2-3,7-12,14H2,1H3,(H,23,26). The number of aromatic nitrogens is 1. The van der Waals surface area contributed by atoms with Crippen LogP contribution in [-0.4, -0.2) is 42.0 Å².